The second-order valence-corrected chi connectivity index (χ2v) is 5.58. The summed E-state index contributed by atoms with van der Waals surface area (Å²) in [6.45, 7) is 8.02. The summed E-state index contributed by atoms with van der Waals surface area (Å²) in [7, 11) is 2.08. The molecule has 1 fully saturated rings. The zero-order valence-corrected chi connectivity index (χ0v) is 10.3. The summed E-state index contributed by atoms with van der Waals surface area (Å²) in [4.78, 5) is 2.23. The van der Waals surface area contributed by atoms with Gasteiger partial charge in [0.1, 0.15) is 0 Å². The lowest BCUT2D eigenvalue weighted by Crippen LogP contribution is -2.35. The largest absolute Gasteiger partial charge is 0.396 e. The van der Waals surface area contributed by atoms with Crippen molar-refractivity contribution in [2.45, 2.75) is 26.7 Å². The van der Waals surface area contributed by atoms with Gasteiger partial charge in [0.25, 0.3) is 0 Å². The first-order valence-electron chi connectivity index (χ1n) is 5.91. The summed E-state index contributed by atoms with van der Waals surface area (Å²) in [5.74, 6) is 0.851. The van der Waals surface area contributed by atoms with Crippen LogP contribution in [-0.4, -0.2) is 50.0 Å². The van der Waals surface area contributed by atoms with Gasteiger partial charge in [-0.2, -0.15) is 0 Å². The van der Waals surface area contributed by atoms with E-state index in [4.69, 9.17) is 9.84 Å². The van der Waals surface area contributed by atoms with Crippen molar-refractivity contribution in [2.75, 3.05) is 40.0 Å². The smallest absolute Gasteiger partial charge is 0.0593 e. The zero-order valence-electron chi connectivity index (χ0n) is 10.3. The first-order valence-corrected chi connectivity index (χ1v) is 5.91. The molecule has 0 aromatic heterocycles. The van der Waals surface area contributed by atoms with Crippen LogP contribution in [0.15, 0.2) is 0 Å². The summed E-state index contributed by atoms with van der Waals surface area (Å²) in [6, 6.07) is 0. The number of likely N-dealkylation sites (N-methyl/N-ethyl adjacent to an activating group) is 1. The highest BCUT2D eigenvalue weighted by Gasteiger charge is 2.21. The molecule has 0 aromatic rings. The fraction of sp³-hybridized carbons (Fsp3) is 1.00. The molecule has 0 amide bonds. The normalized spacial score (nSPS) is 17.4. The Morgan fingerprint density at radius 3 is 2.60 bits per heavy atom. The van der Waals surface area contributed by atoms with Crippen molar-refractivity contribution in [3.05, 3.63) is 0 Å². The van der Waals surface area contributed by atoms with Gasteiger partial charge < -0.3 is 14.7 Å². The molecule has 1 saturated carbocycles. The monoisotopic (exact) mass is 215 g/mol. The average Bonchev–Trinajstić information content (AvgIpc) is 2.95. The van der Waals surface area contributed by atoms with Gasteiger partial charge in [0.05, 0.1) is 6.61 Å². The van der Waals surface area contributed by atoms with Gasteiger partial charge >= 0.3 is 0 Å². The number of rotatable bonds is 8. The lowest BCUT2D eigenvalue weighted by molar-refractivity contribution is 0.0751. The molecule has 0 bridgehead atoms. The van der Waals surface area contributed by atoms with Gasteiger partial charge in [-0.1, -0.05) is 13.8 Å². The fourth-order valence-electron chi connectivity index (χ4n) is 1.61. The van der Waals surface area contributed by atoms with Gasteiger partial charge in [0, 0.05) is 31.7 Å². The van der Waals surface area contributed by atoms with Gasteiger partial charge in [-0.15, -0.1) is 0 Å². The molecule has 0 atom stereocenters. The predicted octanol–water partition coefficient (Wildman–Crippen LogP) is 1.36. The maximum Gasteiger partial charge on any atom is 0.0593 e. The third kappa shape index (κ3) is 6.13. The molecule has 90 valence electrons. The van der Waals surface area contributed by atoms with Crippen LogP contribution in [0.5, 0.6) is 0 Å². The van der Waals surface area contributed by atoms with E-state index in [1.165, 1.54) is 12.8 Å². The van der Waals surface area contributed by atoms with Crippen LogP contribution in [-0.2, 0) is 4.74 Å². The predicted molar refractivity (Wildman–Crippen MR) is 61.9 cm³/mol. The zero-order chi connectivity index (χ0) is 11.3. The molecule has 0 aromatic carbocycles. The number of aliphatic hydroxyl groups is 1. The summed E-state index contributed by atoms with van der Waals surface area (Å²) >= 11 is 0. The van der Waals surface area contributed by atoms with E-state index in [1.807, 2.05) is 0 Å². The number of nitrogens with zero attached hydrogens (tertiary/aromatic N) is 1. The van der Waals surface area contributed by atoms with E-state index in [0.717, 1.165) is 32.2 Å². The quantitative estimate of drug-likeness (QED) is 0.621. The van der Waals surface area contributed by atoms with Gasteiger partial charge in [-0.3, -0.25) is 0 Å². The Morgan fingerprint density at radius 1 is 1.40 bits per heavy atom. The van der Waals surface area contributed by atoms with E-state index in [2.05, 4.69) is 25.8 Å². The SMILES string of the molecule is CN(CCOCC1CC1)CC(C)(C)CO. The van der Waals surface area contributed by atoms with Crippen molar-refractivity contribution in [1.29, 1.82) is 0 Å². The molecule has 1 aliphatic rings. The molecule has 15 heavy (non-hydrogen) atoms. The van der Waals surface area contributed by atoms with Gasteiger partial charge in [-0.25, -0.2) is 0 Å². The van der Waals surface area contributed by atoms with Crippen LogP contribution in [0, 0.1) is 11.3 Å². The molecule has 0 saturated heterocycles. The fourth-order valence-corrected chi connectivity index (χ4v) is 1.61. The minimum Gasteiger partial charge on any atom is -0.396 e. The average molecular weight is 215 g/mol. The summed E-state index contributed by atoms with van der Waals surface area (Å²) in [5.41, 5.74) is -0.00869. The maximum absolute atomic E-state index is 9.14. The van der Waals surface area contributed by atoms with Crippen molar-refractivity contribution >= 4 is 0 Å². The molecule has 0 unspecified atom stereocenters. The molecular formula is C12H25NO2. The lowest BCUT2D eigenvalue weighted by Gasteiger charge is -2.28. The first-order chi connectivity index (χ1) is 7.03. The number of ether oxygens (including phenoxy) is 1. The van der Waals surface area contributed by atoms with Crippen molar-refractivity contribution in [2.24, 2.45) is 11.3 Å². The molecule has 1 rings (SSSR count). The Hall–Kier alpha value is -0.120. The Kier molecular flexibility index (Phi) is 5.03. The highest BCUT2D eigenvalue weighted by molar-refractivity contribution is 4.73. The van der Waals surface area contributed by atoms with Gasteiger partial charge in [0.15, 0.2) is 0 Å². The number of hydrogen-bond acceptors (Lipinski definition) is 3. The second-order valence-electron chi connectivity index (χ2n) is 5.58. The standard InChI is InChI=1S/C12H25NO2/c1-12(2,10-14)9-13(3)6-7-15-8-11-4-5-11/h11,14H,4-10H2,1-3H3. The van der Waals surface area contributed by atoms with Crippen LogP contribution in [0.3, 0.4) is 0 Å². The van der Waals surface area contributed by atoms with Crippen LogP contribution < -0.4 is 0 Å². The maximum atomic E-state index is 9.14. The van der Waals surface area contributed by atoms with Crippen LogP contribution in [0.1, 0.15) is 26.7 Å². The van der Waals surface area contributed by atoms with E-state index in [1.54, 1.807) is 0 Å². The van der Waals surface area contributed by atoms with E-state index in [9.17, 15) is 0 Å². The Bertz CT molecular complexity index is 178. The Balaban J connectivity index is 1.99. The molecule has 0 radical (unpaired) electrons. The lowest BCUT2D eigenvalue weighted by atomic mass is 9.94. The molecule has 0 spiro atoms. The number of hydrogen-bond donors (Lipinski definition) is 1. The molecule has 3 heteroatoms. The molecular weight excluding hydrogens is 190 g/mol. The summed E-state index contributed by atoms with van der Waals surface area (Å²) < 4.78 is 5.57. The van der Waals surface area contributed by atoms with Crippen LogP contribution >= 0.6 is 0 Å². The van der Waals surface area contributed by atoms with Crippen LogP contribution in [0.25, 0.3) is 0 Å². The second kappa shape index (κ2) is 5.83. The molecule has 0 heterocycles. The molecule has 0 aliphatic heterocycles. The van der Waals surface area contributed by atoms with Gasteiger partial charge in [0.2, 0.25) is 0 Å². The van der Waals surface area contributed by atoms with Crippen molar-refractivity contribution in [3.8, 4) is 0 Å². The first kappa shape index (κ1) is 12.9. The molecule has 1 N–H and O–H groups in total. The Labute approximate surface area is 93.4 Å². The van der Waals surface area contributed by atoms with Crippen molar-refractivity contribution in [3.63, 3.8) is 0 Å². The van der Waals surface area contributed by atoms with E-state index < -0.39 is 0 Å². The minimum absolute atomic E-state index is 0.00869. The van der Waals surface area contributed by atoms with E-state index in [0.29, 0.717) is 0 Å². The topological polar surface area (TPSA) is 32.7 Å². The van der Waals surface area contributed by atoms with Crippen LogP contribution in [0.2, 0.25) is 0 Å². The highest BCUT2D eigenvalue weighted by atomic mass is 16.5. The van der Waals surface area contributed by atoms with Gasteiger partial charge in [-0.05, 0) is 25.8 Å². The summed E-state index contributed by atoms with van der Waals surface area (Å²) in [6.07, 6.45) is 2.71. The Morgan fingerprint density at radius 2 is 2.07 bits per heavy atom. The third-order valence-corrected chi connectivity index (χ3v) is 2.79. The highest BCUT2D eigenvalue weighted by Crippen LogP contribution is 2.28. The minimum atomic E-state index is -0.00869. The van der Waals surface area contributed by atoms with E-state index >= 15 is 0 Å². The van der Waals surface area contributed by atoms with Crippen molar-refractivity contribution < 1.29 is 9.84 Å². The molecule has 3 nitrogen and oxygen atoms in total. The van der Waals surface area contributed by atoms with Crippen molar-refractivity contribution in [1.82, 2.24) is 4.90 Å². The molecule has 1 aliphatic carbocycles. The van der Waals surface area contributed by atoms with Crippen LogP contribution in [0.4, 0.5) is 0 Å². The van der Waals surface area contributed by atoms with E-state index in [-0.39, 0.29) is 12.0 Å². The summed E-state index contributed by atoms with van der Waals surface area (Å²) in [5, 5.41) is 9.14. The number of aliphatic hydroxyl groups excluding tert-OH is 1. The third-order valence-electron chi connectivity index (χ3n) is 2.79.